The summed E-state index contributed by atoms with van der Waals surface area (Å²) in [5.74, 6) is -0.125. The molecule has 0 aromatic carbocycles. The molecule has 0 radical (unpaired) electrons. The maximum atomic E-state index is 12.3. The molecule has 0 atom stereocenters. The number of hydrogen-bond acceptors (Lipinski definition) is 4. The number of halogens is 3. The summed E-state index contributed by atoms with van der Waals surface area (Å²) in [5.41, 5.74) is 0. The average Bonchev–Trinajstić information content (AvgIpc) is 2.45. The van der Waals surface area contributed by atoms with Gasteiger partial charge in [0.2, 0.25) is 5.91 Å². The summed E-state index contributed by atoms with van der Waals surface area (Å²) in [6.07, 6.45) is -2.27. The first-order valence-corrected chi connectivity index (χ1v) is 7.33. The van der Waals surface area contributed by atoms with Crippen LogP contribution in [0.25, 0.3) is 0 Å². The monoisotopic (exact) mass is 309 g/mol. The minimum Gasteiger partial charge on any atom is -0.368 e. The molecule has 2 fully saturated rings. The van der Waals surface area contributed by atoms with Crippen LogP contribution in [0.4, 0.5) is 13.2 Å². The lowest BCUT2D eigenvalue weighted by molar-refractivity contribution is -0.153. The molecule has 0 spiro atoms. The number of alkyl halides is 3. The number of carbonyl (C=O) groups is 1. The van der Waals surface area contributed by atoms with Gasteiger partial charge in [-0.25, -0.2) is 0 Å². The van der Waals surface area contributed by atoms with Crippen molar-refractivity contribution in [1.29, 1.82) is 0 Å². The second-order valence-electron chi connectivity index (χ2n) is 5.53. The van der Waals surface area contributed by atoms with Crippen molar-refractivity contribution in [3.63, 3.8) is 0 Å². The van der Waals surface area contributed by atoms with Crippen LogP contribution in [0, 0.1) is 0 Å². The molecule has 0 unspecified atom stereocenters. The van der Waals surface area contributed by atoms with Crippen molar-refractivity contribution >= 4 is 5.91 Å². The summed E-state index contributed by atoms with van der Waals surface area (Å²) >= 11 is 0. The summed E-state index contributed by atoms with van der Waals surface area (Å²) in [6.45, 7) is 2.13. The maximum absolute atomic E-state index is 12.3. The van der Waals surface area contributed by atoms with E-state index < -0.39 is 12.7 Å². The zero-order chi connectivity index (χ0) is 15.3. The molecule has 2 aliphatic heterocycles. The second-order valence-corrected chi connectivity index (χ2v) is 5.53. The van der Waals surface area contributed by atoms with Crippen molar-refractivity contribution in [1.82, 2.24) is 15.1 Å². The first-order chi connectivity index (χ1) is 9.94. The molecule has 0 aromatic rings. The molecule has 122 valence electrons. The molecule has 1 N–H and O–H groups in total. The highest BCUT2D eigenvalue weighted by Gasteiger charge is 2.32. The van der Waals surface area contributed by atoms with Gasteiger partial charge >= 0.3 is 6.18 Å². The first-order valence-electron chi connectivity index (χ1n) is 7.33. The Hall–Kier alpha value is -0.860. The lowest BCUT2D eigenvalue weighted by atomic mass is 10.1. The van der Waals surface area contributed by atoms with Crippen LogP contribution >= 0.6 is 0 Å². The van der Waals surface area contributed by atoms with Gasteiger partial charge in [0, 0.05) is 26.2 Å². The summed E-state index contributed by atoms with van der Waals surface area (Å²) in [7, 11) is 0. The fourth-order valence-corrected chi connectivity index (χ4v) is 2.65. The summed E-state index contributed by atoms with van der Waals surface area (Å²) in [6, 6.07) is 0. The fourth-order valence-electron chi connectivity index (χ4n) is 2.65. The van der Waals surface area contributed by atoms with Crippen LogP contribution in [0.2, 0.25) is 0 Å². The summed E-state index contributed by atoms with van der Waals surface area (Å²) in [5, 5.41) is 3.22. The van der Waals surface area contributed by atoms with Crippen molar-refractivity contribution < 1.29 is 22.7 Å². The molecular weight excluding hydrogens is 287 g/mol. The first kappa shape index (κ1) is 16.5. The highest BCUT2D eigenvalue weighted by molar-refractivity contribution is 5.77. The van der Waals surface area contributed by atoms with Crippen LogP contribution in [-0.2, 0) is 9.53 Å². The summed E-state index contributed by atoms with van der Waals surface area (Å²) in [4.78, 5) is 14.9. The lowest BCUT2D eigenvalue weighted by Gasteiger charge is -2.35. The Balaban J connectivity index is 1.65. The van der Waals surface area contributed by atoms with E-state index >= 15 is 0 Å². The molecule has 0 saturated carbocycles. The van der Waals surface area contributed by atoms with Gasteiger partial charge in [-0.2, -0.15) is 13.2 Å². The van der Waals surface area contributed by atoms with Gasteiger partial charge in [0.15, 0.2) is 0 Å². The Morgan fingerprint density at radius 2 is 1.76 bits per heavy atom. The van der Waals surface area contributed by atoms with Crippen LogP contribution in [0.15, 0.2) is 0 Å². The van der Waals surface area contributed by atoms with Crippen LogP contribution < -0.4 is 5.32 Å². The molecule has 2 saturated heterocycles. The maximum Gasteiger partial charge on any atom is 0.401 e. The van der Waals surface area contributed by atoms with Crippen molar-refractivity contribution in [2.75, 3.05) is 52.4 Å². The minimum absolute atomic E-state index is 0.0317. The highest BCUT2D eigenvalue weighted by atomic mass is 19.4. The smallest absolute Gasteiger partial charge is 0.368 e. The molecule has 21 heavy (non-hydrogen) atoms. The molecule has 8 heteroatoms. The Kier molecular flexibility index (Phi) is 5.83. The molecule has 0 aliphatic carbocycles. The van der Waals surface area contributed by atoms with Gasteiger partial charge in [-0.15, -0.1) is 0 Å². The normalized spacial score (nSPS) is 22.5. The van der Waals surface area contributed by atoms with E-state index in [-0.39, 0.29) is 31.7 Å². The third-order valence-corrected chi connectivity index (χ3v) is 3.86. The minimum atomic E-state index is -4.18. The molecule has 2 rings (SSSR count). The number of nitrogens with one attached hydrogen (secondary N) is 1. The van der Waals surface area contributed by atoms with E-state index in [0.29, 0.717) is 13.1 Å². The van der Waals surface area contributed by atoms with Gasteiger partial charge in [-0.1, -0.05) is 0 Å². The second kappa shape index (κ2) is 7.42. The third kappa shape index (κ3) is 5.80. The molecule has 2 heterocycles. The predicted octanol–water partition coefficient (Wildman–Crippen LogP) is 0.462. The van der Waals surface area contributed by atoms with E-state index in [0.717, 1.165) is 25.9 Å². The molecular formula is C13H22F3N3O2. The van der Waals surface area contributed by atoms with Gasteiger partial charge < -0.3 is 15.0 Å². The van der Waals surface area contributed by atoms with E-state index in [1.807, 2.05) is 0 Å². The Morgan fingerprint density at radius 3 is 2.33 bits per heavy atom. The molecule has 0 bridgehead atoms. The van der Waals surface area contributed by atoms with Gasteiger partial charge in [-0.05, 0) is 25.9 Å². The van der Waals surface area contributed by atoms with Gasteiger partial charge in [0.1, 0.15) is 6.61 Å². The quantitative estimate of drug-likeness (QED) is 0.819. The molecule has 2 aliphatic rings. The Bertz CT molecular complexity index is 338. The highest BCUT2D eigenvalue weighted by Crippen LogP contribution is 2.17. The Labute approximate surface area is 122 Å². The van der Waals surface area contributed by atoms with Crippen LogP contribution in [-0.4, -0.2) is 80.4 Å². The van der Waals surface area contributed by atoms with E-state index in [9.17, 15) is 18.0 Å². The topological polar surface area (TPSA) is 44.8 Å². The van der Waals surface area contributed by atoms with Crippen molar-refractivity contribution in [2.45, 2.75) is 25.1 Å². The van der Waals surface area contributed by atoms with E-state index in [1.165, 1.54) is 4.90 Å². The standard InChI is InChI=1S/C13H22F3N3O2/c14-13(15,16)10-18-5-7-19(8-6-18)12(20)9-21-11-1-3-17-4-2-11/h11,17H,1-10H2. The van der Waals surface area contributed by atoms with Crippen molar-refractivity contribution in [3.05, 3.63) is 0 Å². The summed E-state index contributed by atoms with van der Waals surface area (Å²) < 4.78 is 42.4. The number of piperazine rings is 1. The Morgan fingerprint density at radius 1 is 1.14 bits per heavy atom. The molecule has 5 nitrogen and oxygen atoms in total. The van der Waals surface area contributed by atoms with Crippen molar-refractivity contribution in [3.8, 4) is 0 Å². The van der Waals surface area contributed by atoms with E-state index in [2.05, 4.69) is 5.32 Å². The molecule has 0 aromatic heterocycles. The number of nitrogens with zero attached hydrogens (tertiary/aromatic N) is 2. The molecule has 1 amide bonds. The number of piperidine rings is 1. The van der Waals surface area contributed by atoms with Gasteiger partial charge in [0.05, 0.1) is 12.6 Å². The third-order valence-electron chi connectivity index (χ3n) is 3.86. The number of ether oxygens (including phenoxy) is 1. The van der Waals surface area contributed by atoms with Crippen LogP contribution in [0.1, 0.15) is 12.8 Å². The van der Waals surface area contributed by atoms with Crippen LogP contribution in [0.3, 0.4) is 0 Å². The SMILES string of the molecule is O=C(COC1CCNCC1)N1CCN(CC(F)(F)F)CC1. The van der Waals surface area contributed by atoms with Gasteiger partial charge in [0.25, 0.3) is 0 Å². The zero-order valence-corrected chi connectivity index (χ0v) is 12.0. The van der Waals surface area contributed by atoms with Gasteiger partial charge in [-0.3, -0.25) is 9.69 Å². The number of amides is 1. The van der Waals surface area contributed by atoms with E-state index in [1.54, 1.807) is 4.90 Å². The fraction of sp³-hybridized carbons (Fsp3) is 0.923. The largest absolute Gasteiger partial charge is 0.401 e. The van der Waals surface area contributed by atoms with Crippen LogP contribution in [0.5, 0.6) is 0 Å². The predicted molar refractivity (Wildman–Crippen MR) is 70.9 cm³/mol. The average molecular weight is 309 g/mol. The lowest BCUT2D eigenvalue weighted by Crippen LogP contribution is -2.51. The number of rotatable bonds is 4. The number of hydrogen-bond donors (Lipinski definition) is 1. The number of carbonyl (C=O) groups excluding carboxylic acids is 1. The zero-order valence-electron chi connectivity index (χ0n) is 12.0. The van der Waals surface area contributed by atoms with Crippen molar-refractivity contribution in [2.24, 2.45) is 0 Å². The van der Waals surface area contributed by atoms with E-state index in [4.69, 9.17) is 4.74 Å².